The van der Waals surface area contributed by atoms with Gasteiger partial charge in [0.15, 0.2) is 0 Å². The van der Waals surface area contributed by atoms with Gasteiger partial charge in [0.05, 0.1) is 15.5 Å². The molecule has 0 spiro atoms. The lowest BCUT2D eigenvalue weighted by Gasteiger charge is -2.09. The van der Waals surface area contributed by atoms with Crippen LogP contribution in [0, 0.1) is 0 Å². The molecule has 0 radical (unpaired) electrons. The van der Waals surface area contributed by atoms with Crippen LogP contribution in [0.5, 0.6) is 0 Å². The van der Waals surface area contributed by atoms with E-state index in [1.165, 1.54) is 12.3 Å². The Kier molecular flexibility index (Phi) is 6.14. The highest BCUT2D eigenvalue weighted by molar-refractivity contribution is 9.10. The van der Waals surface area contributed by atoms with Crippen LogP contribution in [-0.2, 0) is 20.8 Å². The second-order valence-corrected chi connectivity index (χ2v) is 8.19. The number of rotatable bonds is 5. The van der Waals surface area contributed by atoms with E-state index in [9.17, 15) is 17.4 Å². The molecule has 0 saturated carbocycles. The fraction of sp³-hybridized carbons (Fsp3) is 0.300. The lowest BCUT2D eigenvalue weighted by atomic mass is 10.2. The molecule has 0 aliphatic rings. The van der Waals surface area contributed by atoms with Crippen LogP contribution in [-0.4, -0.2) is 37.1 Å². The van der Waals surface area contributed by atoms with Gasteiger partial charge in [-0.05, 0) is 28.1 Å². The molecule has 1 unspecified atom stereocenters. The third-order valence-electron chi connectivity index (χ3n) is 2.25. The maximum atomic E-state index is 11.9. The lowest BCUT2D eigenvalue weighted by Crippen LogP contribution is -2.28. The summed E-state index contributed by atoms with van der Waals surface area (Å²) < 4.78 is 33.8. The fourth-order valence-electron chi connectivity index (χ4n) is 1.32. The number of amides is 1. The van der Waals surface area contributed by atoms with Gasteiger partial charge >= 0.3 is 0 Å². The first-order valence-electron chi connectivity index (χ1n) is 5.23. The zero-order chi connectivity index (χ0) is 15.5. The highest BCUT2D eigenvalue weighted by atomic mass is 79.9. The highest BCUT2D eigenvalue weighted by Crippen LogP contribution is 2.28. The smallest absolute Gasteiger partial charge is 0.252 e. The zero-order valence-electron chi connectivity index (χ0n) is 10.4. The predicted molar refractivity (Wildman–Crippen MR) is 81.8 cm³/mol. The van der Waals surface area contributed by atoms with E-state index in [1.807, 2.05) is 0 Å². The molecule has 1 atom stereocenters. The largest absolute Gasteiger partial charge is 0.351 e. The molecule has 0 fully saturated rings. The Morgan fingerprint density at radius 3 is 2.60 bits per heavy atom. The van der Waals surface area contributed by atoms with E-state index in [0.29, 0.717) is 5.75 Å². The number of sulfonamides is 1. The molecule has 112 valence electrons. The Labute approximate surface area is 132 Å². The molecule has 1 aromatic carbocycles. The molecule has 1 amide bonds. The maximum Gasteiger partial charge on any atom is 0.252 e. The second kappa shape index (κ2) is 6.99. The van der Waals surface area contributed by atoms with Gasteiger partial charge in [-0.25, -0.2) is 13.6 Å². The first kappa shape index (κ1) is 17.6. The average molecular weight is 404 g/mol. The summed E-state index contributed by atoms with van der Waals surface area (Å²) in [7, 11) is -5.01. The van der Waals surface area contributed by atoms with Crippen molar-refractivity contribution in [2.45, 2.75) is 4.90 Å². The van der Waals surface area contributed by atoms with E-state index in [4.69, 9.17) is 16.7 Å². The summed E-state index contributed by atoms with van der Waals surface area (Å²) in [5, 5.41) is 7.63. The van der Waals surface area contributed by atoms with Crippen molar-refractivity contribution < 1.29 is 17.4 Å². The van der Waals surface area contributed by atoms with Crippen molar-refractivity contribution in [1.29, 1.82) is 0 Å². The van der Waals surface area contributed by atoms with Gasteiger partial charge in [-0.2, -0.15) is 0 Å². The van der Waals surface area contributed by atoms with E-state index >= 15 is 0 Å². The van der Waals surface area contributed by atoms with Crippen molar-refractivity contribution in [1.82, 2.24) is 5.32 Å². The van der Waals surface area contributed by atoms with Crippen LogP contribution in [0.3, 0.4) is 0 Å². The highest BCUT2D eigenvalue weighted by Gasteiger charge is 2.19. The quantitative estimate of drug-likeness (QED) is 0.760. The van der Waals surface area contributed by atoms with E-state index in [2.05, 4.69) is 21.2 Å². The summed E-state index contributed by atoms with van der Waals surface area (Å²) >= 11 is 8.92. The van der Waals surface area contributed by atoms with Crippen molar-refractivity contribution >= 4 is 54.3 Å². The first-order valence-corrected chi connectivity index (χ1v) is 9.67. The number of primary sulfonamides is 1. The van der Waals surface area contributed by atoms with Gasteiger partial charge in [0, 0.05) is 33.8 Å². The average Bonchev–Trinajstić information content (AvgIpc) is 2.26. The van der Waals surface area contributed by atoms with Gasteiger partial charge in [-0.3, -0.25) is 9.00 Å². The summed E-state index contributed by atoms with van der Waals surface area (Å²) in [6, 6.07) is 2.38. The van der Waals surface area contributed by atoms with Crippen molar-refractivity contribution in [2.75, 3.05) is 18.6 Å². The molecule has 20 heavy (non-hydrogen) atoms. The van der Waals surface area contributed by atoms with Gasteiger partial charge in [0.25, 0.3) is 5.91 Å². The van der Waals surface area contributed by atoms with Gasteiger partial charge in [0.1, 0.15) is 0 Å². The zero-order valence-corrected chi connectivity index (χ0v) is 14.3. The number of nitrogens with two attached hydrogens (primary N) is 1. The van der Waals surface area contributed by atoms with E-state index in [1.54, 1.807) is 0 Å². The van der Waals surface area contributed by atoms with Crippen LogP contribution >= 0.6 is 27.5 Å². The minimum atomic E-state index is -3.97. The monoisotopic (exact) mass is 402 g/mol. The second-order valence-electron chi connectivity index (χ2n) is 3.84. The van der Waals surface area contributed by atoms with Gasteiger partial charge in [-0.15, -0.1) is 0 Å². The minimum absolute atomic E-state index is 0.0132. The molecule has 0 heterocycles. The number of carbonyl (C=O) groups is 1. The van der Waals surface area contributed by atoms with Crippen molar-refractivity contribution in [3.63, 3.8) is 0 Å². The molecule has 3 N–H and O–H groups in total. The Hall–Kier alpha value is -0.480. The van der Waals surface area contributed by atoms with Crippen LogP contribution in [0.1, 0.15) is 10.4 Å². The summed E-state index contributed by atoms with van der Waals surface area (Å²) in [6.45, 7) is 0.193. The van der Waals surface area contributed by atoms with Crippen molar-refractivity contribution in [3.05, 3.63) is 27.2 Å². The van der Waals surface area contributed by atoms with Gasteiger partial charge < -0.3 is 5.32 Å². The molecular formula is C10H12BrClN2O4S2. The molecule has 0 aliphatic carbocycles. The minimum Gasteiger partial charge on any atom is -0.351 e. The van der Waals surface area contributed by atoms with Crippen LogP contribution in [0.15, 0.2) is 21.5 Å². The van der Waals surface area contributed by atoms with E-state index in [-0.39, 0.29) is 26.5 Å². The molecule has 0 aliphatic heterocycles. The fourth-order valence-corrected chi connectivity index (χ4v) is 3.73. The van der Waals surface area contributed by atoms with Crippen molar-refractivity contribution in [3.8, 4) is 0 Å². The molecular weight excluding hydrogens is 392 g/mol. The van der Waals surface area contributed by atoms with E-state index in [0.717, 1.165) is 6.07 Å². The van der Waals surface area contributed by atoms with Crippen LogP contribution in [0.2, 0.25) is 5.02 Å². The number of nitrogens with one attached hydrogen (secondary N) is 1. The third-order valence-corrected chi connectivity index (χ3v) is 5.21. The van der Waals surface area contributed by atoms with Crippen LogP contribution < -0.4 is 10.5 Å². The van der Waals surface area contributed by atoms with Crippen LogP contribution in [0.25, 0.3) is 0 Å². The number of benzene rings is 1. The van der Waals surface area contributed by atoms with Crippen LogP contribution in [0.4, 0.5) is 0 Å². The Balaban J connectivity index is 3.06. The Bertz CT molecular complexity index is 663. The number of hydrogen-bond acceptors (Lipinski definition) is 4. The maximum absolute atomic E-state index is 11.9. The SMILES string of the molecule is CS(=O)CCNC(=O)c1cc(S(N)(=O)=O)c(Br)cc1Cl. The summed E-state index contributed by atoms with van der Waals surface area (Å²) in [5.41, 5.74) is -0.0132. The Morgan fingerprint density at radius 1 is 1.50 bits per heavy atom. The molecule has 0 saturated heterocycles. The van der Waals surface area contributed by atoms with Gasteiger partial charge in [-0.1, -0.05) is 11.6 Å². The summed E-state index contributed by atoms with van der Waals surface area (Å²) in [4.78, 5) is 11.7. The molecule has 6 nitrogen and oxygen atoms in total. The summed E-state index contributed by atoms with van der Waals surface area (Å²) in [5.74, 6) is -0.264. The Morgan fingerprint density at radius 2 is 2.10 bits per heavy atom. The predicted octanol–water partition coefficient (Wildman–Crippen LogP) is 0.858. The lowest BCUT2D eigenvalue weighted by molar-refractivity contribution is 0.0956. The van der Waals surface area contributed by atoms with Crippen molar-refractivity contribution in [2.24, 2.45) is 5.14 Å². The topological polar surface area (TPSA) is 106 Å². The van der Waals surface area contributed by atoms with E-state index < -0.39 is 26.7 Å². The third kappa shape index (κ3) is 4.81. The molecule has 0 aromatic heterocycles. The molecule has 1 rings (SSSR count). The summed E-state index contributed by atoms with van der Waals surface area (Å²) in [6.07, 6.45) is 1.51. The van der Waals surface area contributed by atoms with Gasteiger partial charge in [0.2, 0.25) is 10.0 Å². The number of carbonyl (C=O) groups excluding carboxylic acids is 1. The normalized spacial score (nSPS) is 13.0. The standard InChI is InChI=1S/C10H12BrClN2O4S2/c1-19(16)3-2-14-10(15)6-4-9(20(13,17)18)7(11)5-8(6)12/h4-5H,2-3H2,1H3,(H,14,15)(H2,13,17,18). The number of halogens is 2. The first-order chi connectivity index (χ1) is 9.12. The molecule has 0 bridgehead atoms. The molecule has 1 aromatic rings. The number of hydrogen-bond donors (Lipinski definition) is 2. The molecule has 10 heteroatoms.